The number of piperidine rings is 1. The molecule has 1 aromatic heterocycles. The standard InChI is InChI=1S/C17H19FN4O/c18-15-6-4-13(5-7-15)11-21-16(23)14-3-1-10-22(12-14)17-19-8-2-9-20-17/h2,4-9,14H,1,3,10-12H2,(H,21,23)/t14-/m1/s1. The van der Waals surface area contributed by atoms with Crippen LogP contribution in [-0.4, -0.2) is 29.0 Å². The Kier molecular flexibility index (Phi) is 4.80. The molecule has 2 heterocycles. The van der Waals surface area contributed by atoms with Crippen molar-refractivity contribution in [1.29, 1.82) is 0 Å². The van der Waals surface area contributed by atoms with E-state index in [1.807, 2.05) is 4.90 Å². The van der Waals surface area contributed by atoms with Crippen molar-refractivity contribution in [3.8, 4) is 0 Å². The molecule has 3 rings (SSSR count). The second-order valence-corrected chi connectivity index (χ2v) is 5.68. The first-order chi connectivity index (χ1) is 11.2. The van der Waals surface area contributed by atoms with Crippen LogP contribution in [-0.2, 0) is 11.3 Å². The smallest absolute Gasteiger partial charge is 0.225 e. The zero-order valence-electron chi connectivity index (χ0n) is 12.8. The summed E-state index contributed by atoms with van der Waals surface area (Å²) in [6.45, 7) is 1.91. The van der Waals surface area contributed by atoms with Gasteiger partial charge >= 0.3 is 0 Å². The van der Waals surface area contributed by atoms with E-state index >= 15 is 0 Å². The second kappa shape index (κ2) is 7.17. The second-order valence-electron chi connectivity index (χ2n) is 5.68. The van der Waals surface area contributed by atoms with Crippen LogP contribution in [0.15, 0.2) is 42.7 Å². The maximum atomic E-state index is 12.9. The largest absolute Gasteiger partial charge is 0.352 e. The third-order valence-electron chi connectivity index (χ3n) is 4.01. The molecule has 1 atom stereocenters. The molecule has 1 fully saturated rings. The van der Waals surface area contributed by atoms with E-state index in [4.69, 9.17) is 0 Å². The van der Waals surface area contributed by atoms with Gasteiger partial charge in [-0.3, -0.25) is 4.79 Å². The van der Waals surface area contributed by atoms with Crippen molar-refractivity contribution in [3.05, 3.63) is 54.1 Å². The summed E-state index contributed by atoms with van der Waals surface area (Å²) in [5.41, 5.74) is 0.888. The predicted octanol–water partition coefficient (Wildman–Crippen LogP) is 2.15. The molecule has 2 aromatic rings. The molecule has 1 N–H and O–H groups in total. The van der Waals surface area contributed by atoms with Crippen LogP contribution in [0.3, 0.4) is 0 Å². The van der Waals surface area contributed by atoms with Crippen molar-refractivity contribution in [3.63, 3.8) is 0 Å². The maximum Gasteiger partial charge on any atom is 0.225 e. The summed E-state index contributed by atoms with van der Waals surface area (Å²) < 4.78 is 12.9. The summed E-state index contributed by atoms with van der Waals surface area (Å²) in [7, 11) is 0. The molecule has 5 nitrogen and oxygen atoms in total. The number of amides is 1. The minimum absolute atomic E-state index is 0.0231. The fourth-order valence-electron chi connectivity index (χ4n) is 2.76. The molecule has 120 valence electrons. The molecule has 23 heavy (non-hydrogen) atoms. The Morgan fingerprint density at radius 2 is 2.00 bits per heavy atom. The highest BCUT2D eigenvalue weighted by molar-refractivity contribution is 5.79. The lowest BCUT2D eigenvalue weighted by Crippen LogP contribution is -2.43. The summed E-state index contributed by atoms with van der Waals surface area (Å²) in [5.74, 6) is 0.345. The SMILES string of the molecule is O=C(NCc1ccc(F)cc1)[C@@H]1CCCN(c2ncccn2)C1. The maximum absolute atomic E-state index is 12.9. The van der Waals surface area contributed by atoms with Gasteiger partial charge in [0.05, 0.1) is 5.92 Å². The zero-order chi connectivity index (χ0) is 16.1. The average molecular weight is 314 g/mol. The van der Waals surface area contributed by atoms with Crippen LogP contribution in [0.5, 0.6) is 0 Å². The number of nitrogens with one attached hydrogen (secondary N) is 1. The average Bonchev–Trinajstić information content (AvgIpc) is 2.62. The highest BCUT2D eigenvalue weighted by atomic mass is 19.1. The Morgan fingerprint density at radius 1 is 1.26 bits per heavy atom. The van der Waals surface area contributed by atoms with E-state index in [-0.39, 0.29) is 17.6 Å². The molecule has 0 aliphatic carbocycles. The van der Waals surface area contributed by atoms with Crippen LogP contribution in [0.1, 0.15) is 18.4 Å². The van der Waals surface area contributed by atoms with Crippen LogP contribution in [0.2, 0.25) is 0 Å². The molecule has 0 radical (unpaired) electrons. The van der Waals surface area contributed by atoms with E-state index in [1.165, 1.54) is 12.1 Å². The topological polar surface area (TPSA) is 58.1 Å². The number of carbonyl (C=O) groups excluding carboxylic acids is 1. The van der Waals surface area contributed by atoms with Crippen LogP contribution < -0.4 is 10.2 Å². The van der Waals surface area contributed by atoms with E-state index in [2.05, 4.69) is 15.3 Å². The number of rotatable bonds is 4. The third-order valence-corrected chi connectivity index (χ3v) is 4.01. The van der Waals surface area contributed by atoms with Crippen LogP contribution >= 0.6 is 0 Å². The summed E-state index contributed by atoms with van der Waals surface area (Å²) in [4.78, 5) is 22.9. The van der Waals surface area contributed by atoms with Gasteiger partial charge in [-0.15, -0.1) is 0 Å². The van der Waals surface area contributed by atoms with Gasteiger partial charge in [0, 0.05) is 32.0 Å². The fraction of sp³-hybridized carbons (Fsp3) is 0.353. The number of aromatic nitrogens is 2. The van der Waals surface area contributed by atoms with Gasteiger partial charge in [-0.05, 0) is 36.6 Å². The van der Waals surface area contributed by atoms with Gasteiger partial charge in [-0.1, -0.05) is 12.1 Å². The highest BCUT2D eigenvalue weighted by Gasteiger charge is 2.26. The quantitative estimate of drug-likeness (QED) is 0.939. The van der Waals surface area contributed by atoms with E-state index in [1.54, 1.807) is 30.6 Å². The Balaban J connectivity index is 1.55. The monoisotopic (exact) mass is 314 g/mol. The predicted molar refractivity (Wildman–Crippen MR) is 85.2 cm³/mol. The van der Waals surface area contributed by atoms with E-state index < -0.39 is 0 Å². The molecule has 1 aliphatic heterocycles. The number of nitrogens with zero attached hydrogens (tertiary/aromatic N) is 3. The van der Waals surface area contributed by atoms with Gasteiger partial charge in [0.15, 0.2) is 0 Å². The Morgan fingerprint density at radius 3 is 2.74 bits per heavy atom. The number of hydrogen-bond acceptors (Lipinski definition) is 4. The number of carbonyl (C=O) groups is 1. The summed E-state index contributed by atoms with van der Waals surface area (Å²) in [6, 6.07) is 7.94. The van der Waals surface area contributed by atoms with Gasteiger partial charge in [-0.25, -0.2) is 14.4 Å². The first-order valence-electron chi connectivity index (χ1n) is 7.76. The van der Waals surface area contributed by atoms with Gasteiger partial charge in [0.25, 0.3) is 0 Å². The van der Waals surface area contributed by atoms with E-state index in [9.17, 15) is 9.18 Å². The van der Waals surface area contributed by atoms with Crippen molar-refractivity contribution >= 4 is 11.9 Å². The number of benzene rings is 1. The Hall–Kier alpha value is -2.50. The highest BCUT2D eigenvalue weighted by Crippen LogP contribution is 2.20. The molecule has 1 saturated heterocycles. The summed E-state index contributed by atoms with van der Waals surface area (Å²) >= 11 is 0. The van der Waals surface area contributed by atoms with Crippen molar-refractivity contribution in [2.24, 2.45) is 5.92 Å². The van der Waals surface area contributed by atoms with E-state index in [0.29, 0.717) is 19.0 Å². The lowest BCUT2D eigenvalue weighted by Gasteiger charge is -2.31. The minimum atomic E-state index is -0.272. The van der Waals surface area contributed by atoms with Crippen LogP contribution in [0, 0.1) is 11.7 Å². The number of hydrogen-bond donors (Lipinski definition) is 1. The zero-order valence-corrected chi connectivity index (χ0v) is 12.8. The number of anilines is 1. The van der Waals surface area contributed by atoms with Gasteiger partial charge in [0.2, 0.25) is 11.9 Å². The Bertz CT molecular complexity index is 647. The third kappa shape index (κ3) is 4.03. The molecular weight excluding hydrogens is 295 g/mol. The van der Waals surface area contributed by atoms with Crippen molar-refractivity contribution in [2.75, 3.05) is 18.0 Å². The molecule has 0 spiro atoms. The Labute approximate surface area is 134 Å². The lowest BCUT2D eigenvalue weighted by atomic mass is 9.97. The van der Waals surface area contributed by atoms with Gasteiger partial charge in [0.1, 0.15) is 5.82 Å². The molecule has 1 amide bonds. The molecule has 0 bridgehead atoms. The van der Waals surface area contributed by atoms with Crippen molar-refractivity contribution in [2.45, 2.75) is 19.4 Å². The molecule has 0 saturated carbocycles. The molecular formula is C17H19FN4O. The molecule has 0 unspecified atom stereocenters. The molecule has 1 aliphatic rings. The molecule has 1 aromatic carbocycles. The van der Waals surface area contributed by atoms with Crippen LogP contribution in [0.25, 0.3) is 0 Å². The van der Waals surface area contributed by atoms with Gasteiger partial charge < -0.3 is 10.2 Å². The first-order valence-corrected chi connectivity index (χ1v) is 7.76. The first kappa shape index (κ1) is 15.4. The summed E-state index contributed by atoms with van der Waals surface area (Å²) in [6.07, 6.45) is 5.21. The van der Waals surface area contributed by atoms with Crippen LogP contribution in [0.4, 0.5) is 10.3 Å². The van der Waals surface area contributed by atoms with Crippen molar-refractivity contribution in [1.82, 2.24) is 15.3 Å². The summed E-state index contributed by atoms with van der Waals surface area (Å²) in [5, 5.41) is 2.93. The minimum Gasteiger partial charge on any atom is -0.352 e. The van der Waals surface area contributed by atoms with E-state index in [0.717, 1.165) is 24.9 Å². The number of halogens is 1. The molecule has 6 heteroatoms. The normalized spacial score (nSPS) is 17.8. The fourth-order valence-corrected chi connectivity index (χ4v) is 2.76. The van der Waals surface area contributed by atoms with Gasteiger partial charge in [-0.2, -0.15) is 0 Å². The lowest BCUT2D eigenvalue weighted by molar-refractivity contribution is -0.125. The van der Waals surface area contributed by atoms with Crippen molar-refractivity contribution < 1.29 is 9.18 Å².